The number of hydrogen-bond acceptors (Lipinski definition) is 4. The predicted molar refractivity (Wildman–Crippen MR) is 104 cm³/mol. The number of carbonyl (C=O) groups excluding carboxylic acids is 1. The van der Waals surface area contributed by atoms with Gasteiger partial charge < -0.3 is 19.6 Å². The van der Waals surface area contributed by atoms with E-state index in [0.717, 1.165) is 46.6 Å². The lowest BCUT2D eigenvalue weighted by atomic mass is 9.97. The van der Waals surface area contributed by atoms with Gasteiger partial charge in [-0.2, -0.15) is 0 Å². The van der Waals surface area contributed by atoms with E-state index in [9.17, 15) is 4.79 Å². The molecule has 2 N–H and O–H groups in total. The van der Waals surface area contributed by atoms with E-state index in [4.69, 9.17) is 4.42 Å². The monoisotopic (exact) mass is 416 g/mol. The molecule has 0 bridgehead atoms. The van der Waals surface area contributed by atoms with Gasteiger partial charge in [-0.1, -0.05) is 15.9 Å². The third kappa shape index (κ3) is 3.77. The molecule has 1 aromatic carbocycles. The van der Waals surface area contributed by atoms with Crippen LogP contribution >= 0.6 is 15.9 Å². The first kappa shape index (κ1) is 17.1. The maximum atomic E-state index is 12.5. The van der Waals surface area contributed by atoms with Crippen LogP contribution in [0.5, 0.6) is 0 Å². The third-order valence-corrected chi connectivity index (χ3v) is 5.27. The topological polar surface area (TPSA) is 74.2 Å². The molecule has 1 amide bonds. The van der Waals surface area contributed by atoms with Gasteiger partial charge in [-0.3, -0.25) is 4.79 Å². The Labute approximate surface area is 160 Å². The summed E-state index contributed by atoms with van der Waals surface area (Å²) >= 11 is 3.48. The van der Waals surface area contributed by atoms with E-state index >= 15 is 0 Å². The number of nitrogens with one attached hydrogen (secondary N) is 2. The van der Waals surface area contributed by atoms with Crippen molar-refractivity contribution in [2.24, 2.45) is 5.92 Å². The average molecular weight is 417 g/mol. The van der Waals surface area contributed by atoms with E-state index in [-0.39, 0.29) is 11.8 Å². The van der Waals surface area contributed by atoms with E-state index in [2.05, 4.69) is 36.1 Å². The first-order chi connectivity index (χ1) is 12.7. The highest BCUT2D eigenvalue weighted by Crippen LogP contribution is 2.25. The molecular weight excluding hydrogens is 396 g/mol. The lowest BCUT2D eigenvalue weighted by Gasteiger charge is -2.31. The van der Waals surface area contributed by atoms with Crippen LogP contribution in [-0.2, 0) is 11.2 Å². The molecule has 4 rings (SSSR count). The molecule has 0 unspecified atom stereocenters. The number of piperidine rings is 1. The Kier molecular flexibility index (Phi) is 4.97. The Morgan fingerprint density at radius 3 is 3.19 bits per heavy atom. The predicted octanol–water partition coefficient (Wildman–Crippen LogP) is 3.49. The van der Waals surface area contributed by atoms with Crippen LogP contribution in [0.25, 0.3) is 11.0 Å². The van der Waals surface area contributed by atoms with Crippen molar-refractivity contribution in [3.63, 3.8) is 0 Å². The lowest BCUT2D eigenvalue weighted by Crippen LogP contribution is -2.43. The molecule has 1 aliphatic rings. The number of benzene rings is 1. The van der Waals surface area contributed by atoms with Crippen LogP contribution in [0.4, 0.5) is 5.95 Å². The number of nitrogens with zero attached hydrogens (tertiary/aromatic N) is 2. The van der Waals surface area contributed by atoms with Gasteiger partial charge in [-0.05, 0) is 43.2 Å². The number of imidazole rings is 1. The van der Waals surface area contributed by atoms with E-state index < -0.39 is 0 Å². The molecule has 1 fully saturated rings. The summed E-state index contributed by atoms with van der Waals surface area (Å²) < 4.78 is 6.32. The molecular formula is C19H21BrN4O2. The van der Waals surface area contributed by atoms with Gasteiger partial charge in [0.2, 0.25) is 11.9 Å². The van der Waals surface area contributed by atoms with Crippen molar-refractivity contribution in [2.45, 2.75) is 19.3 Å². The fourth-order valence-electron chi connectivity index (χ4n) is 3.41. The number of aromatic amines is 1. The molecule has 0 aliphatic carbocycles. The molecule has 0 spiro atoms. The maximum absolute atomic E-state index is 12.5. The van der Waals surface area contributed by atoms with E-state index in [1.807, 2.05) is 30.3 Å². The molecule has 7 heteroatoms. The maximum Gasteiger partial charge on any atom is 0.224 e. The smallest absolute Gasteiger partial charge is 0.224 e. The number of fused-ring (bicyclic) bond motifs is 1. The molecule has 3 heterocycles. The number of halogens is 1. The highest BCUT2D eigenvalue weighted by Gasteiger charge is 2.27. The van der Waals surface area contributed by atoms with Crippen LogP contribution in [0.2, 0.25) is 0 Å². The summed E-state index contributed by atoms with van der Waals surface area (Å²) in [6, 6.07) is 9.78. The zero-order chi connectivity index (χ0) is 17.9. The van der Waals surface area contributed by atoms with Gasteiger partial charge in [-0.25, -0.2) is 4.98 Å². The highest BCUT2D eigenvalue weighted by atomic mass is 79.9. The fraction of sp³-hybridized carbons (Fsp3) is 0.368. The Hall–Kier alpha value is -2.28. The molecule has 6 nitrogen and oxygen atoms in total. The number of H-pyrrole nitrogens is 1. The van der Waals surface area contributed by atoms with Crippen LogP contribution in [0, 0.1) is 5.92 Å². The normalized spacial score (nSPS) is 17.6. The Morgan fingerprint density at radius 1 is 1.42 bits per heavy atom. The average Bonchev–Trinajstić information content (AvgIpc) is 3.31. The van der Waals surface area contributed by atoms with Crippen molar-refractivity contribution in [1.82, 2.24) is 15.3 Å². The molecule has 136 valence electrons. The second kappa shape index (κ2) is 7.53. The number of carbonyl (C=O) groups is 1. The lowest BCUT2D eigenvalue weighted by molar-refractivity contribution is -0.125. The van der Waals surface area contributed by atoms with Gasteiger partial charge in [0, 0.05) is 30.5 Å². The van der Waals surface area contributed by atoms with Crippen molar-refractivity contribution in [1.29, 1.82) is 0 Å². The minimum Gasteiger partial charge on any atom is -0.469 e. The van der Waals surface area contributed by atoms with Crippen molar-refractivity contribution in [3.05, 3.63) is 46.8 Å². The molecule has 26 heavy (non-hydrogen) atoms. The SMILES string of the molecule is O=C(NCCc1ccco1)[C@@H]1CCCN(c2nc3ccc(Br)cc3[nH]2)C1. The molecule has 0 radical (unpaired) electrons. The molecule has 1 aliphatic heterocycles. The summed E-state index contributed by atoms with van der Waals surface area (Å²) in [7, 11) is 0. The van der Waals surface area contributed by atoms with Crippen LogP contribution in [0.15, 0.2) is 45.5 Å². The number of anilines is 1. The zero-order valence-electron chi connectivity index (χ0n) is 14.4. The second-order valence-electron chi connectivity index (χ2n) is 6.63. The van der Waals surface area contributed by atoms with E-state index in [1.165, 1.54) is 0 Å². The summed E-state index contributed by atoms with van der Waals surface area (Å²) in [6.45, 7) is 2.20. The molecule has 1 saturated heterocycles. The summed E-state index contributed by atoms with van der Waals surface area (Å²) in [5.74, 6) is 1.83. The van der Waals surface area contributed by atoms with Crippen LogP contribution in [0.1, 0.15) is 18.6 Å². The van der Waals surface area contributed by atoms with Crippen molar-refractivity contribution in [3.8, 4) is 0 Å². The van der Waals surface area contributed by atoms with Crippen LogP contribution < -0.4 is 10.2 Å². The Balaban J connectivity index is 1.37. The van der Waals surface area contributed by atoms with Gasteiger partial charge >= 0.3 is 0 Å². The fourth-order valence-corrected chi connectivity index (χ4v) is 3.77. The largest absolute Gasteiger partial charge is 0.469 e. The Bertz CT molecular complexity index is 890. The van der Waals surface area contributed by atoms with Crippen LogP contribution in [-0.4, -0.2) is 35.5 Å². The first-order valence-corrected chi connectivity index (χ1v) is 9.68. The number of amides is 1. The quantitative estimate of drug-likeness (QED) is 0.667. The summed E-state index contributed by atoms with van der Waals surface area (Å²) in [4.78, 5) is 22.7. The van der Waals surface area contributed by atoms with E-state index in [0.29, 0.717) is 19.5 Å². The molecule has 3 aromatic rings. The third-order valence-electron chi connectivity index (χ3n) is 4.77. The number of hydrogen-bond donors (Lipinski definition) is 2. The number of rotatable bonds is 5. The second-order valence-corrected chi connectivity index (χ2v) is 7.54. The molecule has 0 saturated carbocycles. The van der Waals surface area contributed by atoms with Crippen LogP contribution in [0.3, 0.4) is 0 Å². The van der Waals surface area contributed by atoms with E-state index in [1.54, 1.807) is 6.26 Å². The molecule has 2 aromatic heterocycles. The van der Waals surface area contributed by atoms with Gasteiger partial charge in [0.1, 0.15) is 5.76 Å². The number of aromatic nitrogens is 2. The van der Waals surface area contributed by atoms with Crippen molar-refractivity contribution >= 4 is 38.8 Å². The van der Waals surface area contributed by atoms with Gasteiger partial charge in [0.25, 0.3) is 0 Å². The van der Waals surface area contributed by atoms with Crippen molar-refractivity contribution < 1.29 is 9.21 Å². The van der Waals surface area contributed by atoms with Crippen molar-refractivity contribution in [2.75, 3.05) is 24.5 Å². The van der Waals surface area contributed by atoms with Gasteiger partial charge in [-0.15, -0.1) is 0 Å². The zero-order valence-corrected chi connectivity index (χ0v) is 16.0. The Morgan fingerprint density at radius 2 is 2.35 bits per heavy atom. The standard InChI is InChI=1S/C19H21BrN4O2/c20-14-5-6-16-17(11-14)23-19(22-16)24-9-1-3-13(12-24)18(25)21-8-7-15-4-2-10-26-15/h2,4-6,10-11,13H,1,3,7-9,12H2,(H,21,25)(H,22,23)/t13-/m1/s1. The molecule has 1 atom stereocenters. The number of furan rings is 1. The highest BCUT2D eigenvalue weighted by molar-refractivity contribution is 9.10. The minimum atomic E-state index is -0.0136. The summed E-state index contributed by atoms with van der Waals surface area (Å²) in [5.41, 5.74) is 1.94. The van der Waals surface area contributed by atoms with Gasteiger partial charge in [0.05, 0.1) is 23.2 Å². The van der Waals surface area contributed by atoms with Gasteiger partial charge in [0.15, 0.2) is 0 Å². The summed E-state index contributed by atoms with van der Waals surface area (Å²) in [6.07, 6.45) is 4.27. The first-order valence-electron chi connectivity index (χ1n) is 8.89. The summed E-state index contributed by atoms with van der Waals surface area (Å²) in [5, 5.41) is 3.03. The minimum absolute atomic E-state index is 0.0136.